The molecule has 21 heavy (non-hydrogen) atoms. The van der Waals surface area contributed by atoms with E-state index in [1.807, 2.05) is 32.8 Å². The number of aromatic nitrogens is 2. The van der Waals surface area contributed by atoms with Crippen LogP contribution in [0.5, 0.6) is 0 Å². The predicted molar refractivity (Wildman–Crippen MR) is 83.7 cm³/mol. The minimum absolute atomic E-state index is 0.0922. The van der Waals surface area contributed by atoms with Crippen LogP contribution >= 0.6 is 0 Å². The highest BCUT2D eigenvalue weighted by molar-refractivity contribution is 7.89. The maximum atomic E-state index is 12.4. The molecule has 0 aliphatic heterocycles. The first-order valence-electron chi connectivity index (χ1n) is 7.20. The Balaban J connectivity index is 2.83. The van der Waals surface area contributed by atoms with Crippen LogP contribution in [0.1, 0.15) is 31.5 Å². The van der Waals surface area contributed by atoms with Gasteiger partial charge < -0.3 is 10.2 Å². The Morgan fingerprint density at radius 1 is 1.38 bits per heavy atom. The fraction of sp³-hybridized carbons (Fsp3) is 0.769. The Morgan fingerprint density at radius 3 is 2.62 bits per heavy atom. The maximum absolute atomic E-state index is 12.4. The van der Waals surface area contributed by atoms with Crippen LogP contribution in [0.25, 0.3) is 0 Å². The van der Waals surface area contributed by atoms with Crippen molar-refractivity contribution in [3.8, 4) is 0 Å². The van der Waals surface area contributed by atoms with E-state index in [-0.39, 0.29) is 11.1 Å². The highest BCUT2D eigenvalue weighted by atomic mass is 32.2. The maximum Gasteiger partial charge on any atom is 0.260 e. The topological polar surface area (TPSA) is 90.1 Å². The molecular weight excluding hydrogens is 290 g/mol. The van der Waals surface area contributed by atoms with E-state index >= 15 is 0 Å². The number of aromatic amines is 1. The summed E-state index contributed by atoms with van der Waals surface area (Å²) >= 11 is 0. The summed E-state index contributed by atoms with van der Waals surface area (Å²) in [5.74, 6) is 0. The second kappa shape index (κ2) is 7.88. The number of nitrogens with one attached hydrogen (secondary N) is 3. The average molecular weight is 317 g/mol. The Kier molecular flexibility index (Phi) is 6.79. The van der Waals surface area contributed by atoms with Crippen molar-refractivity contribution in [2.75, 3.05) is 27.2 Å². The molecule has 1 rings (SSSR count). The lowest BCUT2D eigenvalue weighted by atomic mass is 10.2. The van der Waals surface area contributed by atoms with Gasteiger partial charge in [0, 0.05) is 30.4 Å². The Morgan fingerprint density at radius 2 is 2.05 bits per heavy atom. The zero-order chi connectivity index (χ0) is 16.0. The zero-order valence-electron chi connectivity index (χ0n) is 13.5. The van der Waals surface area contributed by atoms with Crippen LogP contribution in [0.2, 0.25) is 0 Å². The van der Waals surface area contributed by atoms with E-state index in [0.29, 0.717) is 18.7 Å². The minimum Gasteiger partial charge on any atom is -0.313 e. The van der Waals surface area contributed by atoms with Gasteiger partial charge >= 0.3 is 0 Å². The number of hydrogen-bond acceptors (Lipinski definition) is 5. The molecule has 0 aliphatic carbocycles. The molecule has 0 saturated carbocycles. The molecule has 7 nitrogen and oxygen atoms in total. The van der Waals surface area contributed by atoms with Crippen molar-refractivity contribution in [2.24, 2.45) is 0 Å². The molecular formula is C13H27N5O2S. The molecule has 0 amide bonds. The molecule has 0 spiro atoms. The summed E-state index contributed by atoms with van der Waals surface area (Å²) < 4.78 is 27.4. The van der Waals surface area contributed by atoms with Crippen molar-refractivity contribution in [1.82, 2.24) is 25.1 Å². The van der Waals surface area contributed by atoms with E-state index in [4.69, 9.17) is 0 Å². The second-order valence-electron chi connectivity index (χ2n) is 5.47. The average Bonchev–Trinajstić information content (AvgIpc) is 2.78. The Hall–Kier alpha value is -0.960. The first-order chi connectivity index (χ1) is 9.79. The number of likely N-dealkylation sites (N-methyl/N-ethyl adjacent to an activating group) is 1. The number of hydrogen-bond donors (Lipinski definition) is 3. The number of aryl methyl sites for hydroxylation is 1. The molecule has 122 valence electrons. The van der Waals surface area contributed by atoms with Crippen LogP contribution in [0.4, 0.5) is 0 Å². The first-order valence-corrected chi connectivity index (χ1v) is 8.68. The quantitative estimate of drug-likeness (QED) is 0.575. The van der Waals surface area contributed by atoms with Crippen molar-refractivity contribution in [1.29, 1.82) is 0 Å². The van der Waals surface area contributed by atoms with E-state index in [9.17, 15) is 8.42 Å². The van der Waals surface area contributed by atoms with Crippen LogP contribution in [-0.4, -0.2) is 56.7 Å². The van der Waals surface area contributed by atoms with Gasteiger partial charge in [-0.15, -0.1) is 0 Å². The fourth-order valence-electron chi connectivity index (χ4n) is 1.73. The van der Waals surface area contributed by atoms with E-state index in [2.05, 4.69) is 27.2 Å². The zero-order valence-corrected chi connectivity index (χ0v) is 14.3. The van der Waals surface area contributed by atoms with E-state index in [1.165, 1.54) is 0 Å². The predicted octanol–water partition coefficient (Wildman–Crippen LogP) is 0.446. The molecule has 1 unspecified atom stereocenters. The van der Waals surface area contributed by atoms with Gasteiger partial charge in [0.15, 0.2) is 5.03 Å². The Bertz CT molecular complexity index is 539. The van der Waals surface area contributed by atoms with Gasteiger partial charge in [0.2, 0.25) is 0 Å². The van der Waals surface area contributed by atoms with Gasteiger partial charge in [-0.2, -0.15) is 5.10 Å². The summed E-state index contributed by atoms with van der Waals surface area (Å²) in [5.41, 5.74) is 1.48. The molecule has 1 heterocycles. The van der Waals surface area contributed by atoms with Gasteiger partial charge in [-0.25, -0.2) is 13.1 Å². The van der Waals surface area contributed by atoms with Crippen molar-refractivity contribution < 1.29 is 8.42 Å². The third kappa shape index (κ3) is 5.06. The van der Waals surface area contributed by atoms with Crippen LogP contribution in [0, 0.1) is 6.92 Å². The summed E-state index contributed by atoms with van der Waals surface area (Å²) in [6.07, 6.45) is 0.998. The highest BCUT2D eigenvalue weighted by Gasteiger charge is 2.24. The second-order valence-corrected chi connectivity index (χ2v) is 7.16. The van der Waals surface area contributed by atoms with Crippen LogP contribution < -0.4 is 10.0 Å². The van der Waals surface area contributed by atoms with Crippen LogP contribution in [0.3, 0.4) is 0 Å². The smallest absolute Gasteiger partial charge is 0.260 e. The number of nitrogens with zero attached hydrogens (tertiary/aromatic N) is 2. The molecule has 0 radical (unpaired) electrons. The van der Waals surface area contributed by atoms with E-state index < -0.39 is 10.0 Å². The van der Waals surface area contributed by atoms with Gasteiger partial charge in [-0.1, -0.05) is 6.92 Å². The highest BCUT2D eigenvalue weighted by Crippen LogP contribution is 2.16. The summed E-state index contributed by atoms with van der Waals surface area (Å²) in [4.78, 5) is 1.96. The monoisotopic (exact) mass is 317 g/mol. The van der Waals surface area contributed by atoms with Gasteiger partial charge in [0.05, 0.1) is 0 Å². The molecule has 1 aromatic rings. The normalized spacial score (nSPS) is 13.8. The van der Waals surface area contributed by atoms with Crippen molar-refractivity contribution in [3.05, 3.63) is 11.3 Å². The lowest BCUT2D eigenvalue weighted by Gasteiger charge is -2.19. The molecule has 0 bridgehead atoms. The lowest BCUT2D eigenvalue weighted by Crippen LogP contribution is -2.38. The van der Waals surface area contributed by atoms with Crippen molar-refractivity contribution in [2.45, 2.75) is 44.8 Å². The molecule has 0 aromatic carbocycles. The summed E-state index contributed by atoms with van der Waals surface area (Å²) in [5, 5.41) is 10.0. The molecule has 0 aliphatic rings. The van der Waals surface area contributed by atoms with Gasteiger partial charge in [0.25, 0.3) is 10.0 Å². The van der Waals surface area contributed by atoms with Gasteiger partial charge in [-0.3, -0.25) is 5.10 Å². The standard InChI is InChI=1S/C13H27N5O2S/c1-6-7-14-9-12-11(3)16-17-13(12)21(19,20)15-8-10(2)18(4)5/h10,14-15H,6-9H2,1-5H3,(H,16,17). The molecule has 0 saturated heterocycles. The third-order valence-corrected chi connectivity index (χ3v) is 4.86. The SMILES string of the molecule is CCCNCc1c(S(=O)(=O)NCC(C)N(C)C)n[nH]c1C. The van der Waals surface area contributed by atoms with Gasteiger partial charge in [-0.05, 0) is 40.9 Å². The third-order valence-electron chi connectivity index (χ3n) is 3.47. The largest absolute Gasteiger partial charge is 0.313 e. The lowest BCUT2D eigenvalue weighted by molar-refractivity contribution is 0.313. The van der Waals surface area contributed by atoms with Crippen molar-refractivity contribution >= 4 is 10.0 Å². The summed E-state index contributed by atoms with van der Waals surface area (Å²) in [6, 6.07) is 0.112. The molecule has 0 fully saturated rings. The summed E-state index contributed by atoms with van der Waals surface area (Å²) in [7, 11) is 0.234. The van der Waals surface area contributed by atoms with E-state index in [1.54, 1.807) is 0 Å². The van der Waals surface area contributed by atoms with Crippen LogP contribution in [0.15, 0.2) is 5.03 Å². The molecule has 1 aromatic heterocycles. The molecule has 8 heteroatoms. The Labute approximate surface area is 127 Å². The summed E-state index contributed by atoms with van der Waals surface area (Å²) in [6.45, 7) is 7.55. The van der Waals surface area contributed by atoms with E-state index in [0.717, 1.165) is 18.7 Å². The minimum atomic E-state index is -3.59. The van der Waals surface area contributed by atoms with Crippen LogP contribution in [-0.2, 0) is 16.6 Å². The number of rotatable bonds is 9. The van der Waals surface area contributed by atoms with Gasteiger partial charge in [0.1, 0.15) is 0 Å². The molecule has 1 atom stereocenters. The molecule has 3 N–H and O–H groups in total. The fourth-order valence-corrected chi connectivity index (χ4v) is 3.04. The number of H-pyrrole nitrogens is 1. The number of sulfonamides is 1. The first kappa shape index (κ1) is 18.1. The van der Waals surface area contributed by atoms with Crippen molar-refractivity contribution in [3.63, 3.8) is 0 Å².